The van der Waals surface area contributed by atoms with E-state index in [2.05, 4.69) is 21.7 Å². The fraction of sp³-hybridized carbons (Fsp3) is 0.400. The molecule has 8 heteroatoms. The molecule has 1 aliphatic heterocycles. The molecule has 2 aromatic carbocycles. The number of fused-ring (bicyclic) bond motifs is 1. The zero-order valence-electron chi connectivity index (χ0n) is 19.3. The van der Waals surface area contributed by atoms with Crippen LogP contribution in [-0.4, -0.2) is 64.1 Å². The highest BCUT2D eigenvalue weighted by Gasteiger charge is 2.23. The molecule has 0 atom stereocenters. The van der Waals surface area contributed by atoms with Crippen LogP contribution in [-0.2, 0) is 17.8 Å². The highest BCUT2D eigenvalue weighted by Crippen LogP contribution is 2.23. The van der Waals surface area contributed by atoms with E-state index in [4.69, 9.17) is 9.72 Å². The van der Waals surface area contributed by atoms with Gasteiger partial charge in [-0.25, -0.2) is 9.78 Å². The van der Waals surface area contributed by atoms with E-state index >= 15 is 0 Å². The molecule has 2 amide bonds. The third-order valence-corrected chi connectivity index (χ3v) is 5.83. The number of aromatic nitrogens is 2. The number of piperazine rings is 1. The van der Waals surface area contributed by atoms with Crippen LogP contribution in [0.4, 0.5) is 10.5 Å². The van der Waals surface area contributed by atoms with Gasteiger partial charge in [0, 0.05) is 44.0 Å². The van der Waals surface area contributed by atoms with E-state index in [9.17, 15) is 9.59 Å². The van der Waals surface area contributed by atoms with Crippen molar-refractivity contribution in [1.29, 1.82) is 0 Å². The standard InChI is InChI=1S/C25H31N5O3/c1-3-12-30-22-11-10-20(26-24(31)19-8-6-5-7-9-19)17-21(22)27-23(30)18-28-13-15-29(16-14-28)25(32)33-4-2/h5-11,17H,3-4,12-16,18H2,1-2H3,(H,26,31). The minimum absolute atomic E-state index is 0.136. The number of ether oxygens (including phenoxy) is 1. The van der Waals surface area contributed by atoms with Crippen molar-refractivity contribution in [3.63, 3.8) is 0 Å². The second-order valence-corrected chi connectivity index (χ2v) is 8.17. The fourth-order valence-electron chi connectivity index (χ4n) is 4.15. The number of rotatable bonds is 7. The van der Waals surface area contributed by atoms with E-state index in [1.807, 2.05) is 43.3 Å². The molecule has 0 spiro atoms. The number of carbonyl (C=O) groups is 2. The number of nitrogens with one attached hydrogen (secondary N) is 1. The van der Waals surface area contributed by atoms with E-state index in [0.29, 0.717) is 25.3 Å². The molecule has 0 aliphatic carbocycles. The summed E-state index contributed by atoms with van der Waals surface area (Å²) in [5.41, 5.74) is 3.29. The maximum absolute atomic E-state index is 12.5. The molecule has 2 heterocycles. The Morgan fingerprint density at radius 2 is 1.79 bits per heavy atom. The summed E-state index contributed by atoms with van der Waals surface area (Å²) in [4.78, 5) is 33.5. The first kappa shape index (κ1) is 22.8. The molecule has 174 valence electrons. The fourth-order valence-corrected chi connectivity index (χ4v) is 4.15. The maximum atomic E-state index is 12.5. The van der Waals surface area contributed by atoms with Crippen molar-refractivity contribution in [3.8, 4) is 0 Å². The Labute approximate surface area is 194 Å². The summed E-state index contributed by atoms with van der Waals surface area (Å²) in [6, 6.07) is 15.1. The van der Waals surface area contributed by atoms with E-state index in [1.165, 1.54) is 0 Å². The first-order valence-electron chi connectivity index (χ1n) is 11.6. The molecule has 1 aliphatic rings. The van der Waals surface area contributed by atoms with Gasteiger partial charge in [0.25, 0.3) is 5.91 Å². The number of aryl methyl sites for hydroxylation is 1. The van der Waals surface area contributed by atoms with Gasteiger partial charge >= 0.3 is 6.09 Å². The molecule has 1 saturated heterocycles. The average Bonchev–Trinajstić information content (AvgIpc) is 3.16. The Hall–Kier alpha value is -3.39. The van der Waals surface area contributed by atoms with Crippen LogP contribution in [0.1, 0.15) is 36.5 Å². The molecule has 1 N–H and O–H groups in total. The minimum Gasteiger partial charge on any atom is -0.450 e. The van der Waals surface area contributed by atoms with Crippen molar-refractivity contribution in [1.82, 2.24) is 19.4 Å². The molecule has 0 unspecified atom stereocenters. The number of hydrogen-bond acceptors (Lipinski definition) is 5. The van der Waals surface area contributed by atoms with E-state index in [-0.39, 0.29) is 12.0 Å². The van der Waals surface area contributed by atoms with Gasteiger partial charge in [0.15, 0.2) is 0 Å². The molecule has 0 bridgehead atoms. The average molecular weight is 450 g/mol. The topological polar surface area (TPSA) is 79.7 Å². The lowest BCUT2D eigenvalue weighted by atomic mass is 10.2. The summed E-state index contributed by atoms with van der Waals surface area (Å²) < 4.78 is 7.37. The van der Waals surface area contributed by atoms with Gasteiger partial charge in [-0.1, -0.05) is 25.1 Å². The molecule has 0 radical (unpaired) electrons. The number of benzene rings is 2. The van der Waals surface area contributed by atoms with Crippen LogP contribution in [0.15, 0.2) is 48.5 Å². The van der Waals surface area contributed by atoms with Crippen molar-refractivity contribution in [3.05, 3.63) is 59.9 Å². The largest absolute Gasteiger partial charge is 0.450 e. The van der Waals surface area contributed by atoms with Crippen molar-refractivity contribution in [2.45, 2.75) is 33.4 Å². The molecule has 1 fully saturated rings. The first-order valence-corrected chi connectivity index (χ1v) is 11.6. The summed E-state index contributed by atoms with van der Waals surface area (Å²) in [6.07, 6.45) is 0.766. The number of nitrogens with zero attached hydrogens (tertiary/aromatic N) is 4. The van der Waals surface area contributed by atoms with Gasteiger partial charge in [0.2, 0.25) is 0 Å². The Morgan fingerprint density at radius 3 is 2.48 bits per heavy atom. The highest BCUT2D eigenvalue weighted by atomic mass is 16.6. The van der Waals surface area contributed by atoms with E-state index in [1.54, 1.807) is 17.0 Å². The maximum Gasteiger partial charge on any atom is 0.409 e. The van der Waals surface area contributed by atoms with E-state index < -0.39 is 0 Å². The molecule has 33 heavy (non-hydrogen) atoms. The van der Waals surface area contributed by atoms with Crippen LogP contribution in [0.25, 0.3) is 11.0 Å². The minimum atomic E-state index is -0.236. The summed E-state index contributed by atoms with van der Waals surface area (Å²) in [5, 5.41) is 2.97. The predicted octanol–water partition coefficient (Wildman–Crippen LogP) is 3.97. The second kappa shape index (κ2) is 10.5. The van der Waals surface area contributed by atoms with Crippen LogP contribution >= 0.6 is 0 Å². The number of imidazole rings is 1. The molecule has 4 rings (SSSR count). The monoisotopic (exact) mass is 449 g/mol. The lowest BCUT2D eigenvalue weighted by molar-refractivity contribution is 0.0769. The highest BCUT2D eigenvalue weighted by molar-refractivity contribution is 6.04. The van der Waals surface area contributed by atoms with Crippen LogP contribution in [0.3, 0.4) is 0 Å². The summed E-state index contributed by atoms with van der Waals surface area (Å²) >= 11 is 0. The zero-order chi connectivity index (χ0) is 23.2. The molecule has 1 aromatic heterocycles. The quantitative estimate of drug-likeness (QED) is 0.590. The van der Waals surface area contributed by atoms with Crippen LogP contribution in [0.5, 0.6) is 0 Å². The summed E-state index contributed by atoms with van der Waals surface area (Å²) in [7, 11) is 0. The summed E-state index contributed by atoms with van der Waals surface area (Å²) in [5.74, 6) is 0.866. The summed E-state index contributed by atoms with van der Waals surface area (Å²) in [6.45, 7) is 8.85. The Morgan fingerprint density at radius 1 is 1.03 bits per heavy atom. The Bertz CT molecular complexity index is 1100. The lowest BCUT2D eigenvalue weighted by Crippen LogP contribution is -2.48. The lowest BCUT2D eigenvalue weighted by Gasteiger charge is -2.33. The van der Waals surface area contributed by atoms with Crippen molar-refractivity contribution >= 4 is 28.7 Å². The Balaban J connectivity index is 1.48. The number of hydrogen-bond donors (Lipinski definition) is 1. The van der Waals surface area contributed by atoms with E-state index in [0.717, 1.165) is 55.1 Å². The third-order valence-electron chi connectivity index (χ3n) is 5.83. The first-order chi connectivity index (χ1) is 16.1. The van der Waals surface area contributed by atoms with Gasteiger partial charge in [-0.05, 0) is 43.7 Å². The molecule has 8 nitrogen and oxygen atoms in total. The van der Waals surface area contributed by atoms with Gasteiger partial charge < -0.3 is 19.5 Å². The number of carbonyl (C=O) groups excluding carboxylic acids is 2. The third kappa shape index (κ3) is 5.34. The smallest absolute Gasteiger partial charge is 0.409 e. The number of amides is 2. The zero-order valence-corrected chi connectivity index (χ0v) is 19.3. The van der Waals surface area contributed by atoms with Crippen molar-refractivity contribution in [2.75, 3.05) is 38.1 Å². The molecular weight excluding hydrogens is 418 g/mol. The number of anilines is 1. The Kier molecular flexibility index (Phi) is 7.24. The normalized spacial score (nSPS) is 14.4. The van der Waals surface area contributed by atoms with Crippen LogP contribution in [0, 0.1) is 0 Å². The van der Waals surface area contributed by atoms with Gasteiger partial charge in [0.1, 0.15) is 5.82 Å². The van der Waals surface area contributed by atoms with Gasteiger partial charge in [-0.3, -0.25) is 9.69 Å². The van der Waals surface area contributed by atoms with Crippen molar-refractivity contribution in [2.24, 2.45) is 0 Å². The van der Waals surface area contributed by atoms with Gasteiger partial charge in [-0.15, -0.1) is 0 Å². The van der Waals surface area contributed by atoms with Crippen molar-refractivity contribution < 1.29 is 14.3 Å². The van der Waals surface area contributed by atoms with Gasteiger partial charge in [-0.2, -0.15) is 0 Å². The molecule has 0 saturated carbocycles. The molecular formula is C25H31N5O3. The van der Waals surface area contributed by atoms with Crippen LogP contribution < -0.4 is 5.32 Å². The second-order valence-electron chi connectivity index (χ2n) is 8.17. The predicted molar refractivity (Wildman–Crippen MR) is 128 cm³/mol. The SMILES string of the molecule is CCCn1c(CN2CCN(C(=O)OCC)CC2)nc2cc(NC(=O)c3ccccc3)ccc21. The van der Waals surface area contributed by atoms with Gasteiger partial charge in [0.05, 0.1) is 24.2 Å². The van der Waals surface area contributed by atoms with Crippen LogP contribution in [0.2, 0.25) is 0 Å². The molecule has 3 aromatic rings.